The summed E-state index contributed by atoms with van der Waals surface area (Å²) in [5.41, 5.74) is 5.42. The van der Waals surface area contributed by atoms with Gasteiger partial charge in [-0.2, -0.15) is 8.61 Å². The normalized spacial score (nSPS) is 19.0. The molecule has 0 amide bonds. The largest absolute Gasteiger partial charge is 0.452 e. The highest BCUT2D eigenvalue weighted by Crippen LogP contribution is 2.29. The number of nitrogens with zero attached hydrogens (tertiary/aromatic N) is 2. The van der Waals surface area contributed by atoms with E-state index in [2.05, 4.69) is 15.9 Å². The summed E-state index contributed by atoms with van der Waals surface area (Å²) < 4.78 is 55.7. The summed E-state index contributed by atoms with van der Waals surface area (Å²) in [7, 11) is -7.04. The van der Waals surface area contributed by atoms with E-state index >= 15 is 0 Å². The van der Waals surface area contributed by atoms with Gasteiger partial charge in [0.2, 0.25) is 20.0 Å². The first-order valence-electron chi connectivity index (χ1n) is 6.10. The van der Waals surface area contributed by atoms with Crippen molar-refractivity contribution in [1.29, 1.82) is 0 Å². The summed E-state index contributed by atoms with van der Waals surface area (Å²) in [5.74, 6) is 0.357. The molecule has 1 saturated heterocycles. The highest BCUT2D eigenvalue weighted by Gasteiger charge is 2.33. The van der Waals surface area contributed by atoms with Gasteiger partial charge in [0.25, 0.3) is 0 Å². The lowest BCUT2D eigenvalue weighted by Crippen LogP contribution is -2.50. The van der Waals surface area contributed by atoms with Gasteiger partial charge in [-0.1, -0.05) is 0 Å². The molecule has 0 aliphatic carbocycles. The third-order valence-corrected chi connectivity index (χ3v) is 7.25. The standard InChI is InChI=1S/C10H16BrN3O5S2/c1-20(15,16)13-2-4-14(5-3-13)21(17,18)9-6-8(7-12)19-10(9)11/h6H,2-5,7,12H2,1H3. The Morgan fingerprint density at radius 2 is 1.71 bits per heavy atom. The quantitative estimate of drug-likeness (QED) is 0.744. The number of sulfonamides is 2. The molecular formula is C10H16BrN3O5S2. The first-order chi connectivity index (χ1) is 9.66. The minimum absolute atomic E-state index is 0.00996. The second-order valence-electron chi connectivity index (χ2n) is 4.62. The Labute approximate surface area is 132 Å². The Morgan fingerprint density at radius 3 is 2.14 bits per heavy atom. The number of nitrogens with two attached hydrogens (primary N) is 1. The lowest BCUT2D eigenvalue weighted by Gasteiger charge is -2.32. The molecule has 2 heterocycles. The summed E-state index contributed by atoms with van der Waals surface area (Å²) in [5, 5.41) is 0. The Morgan fingerprint density at radius 1 is 1.19 bits per heavy atom. The molecule has 1 aliphatic heterocycles. The maximum absolute atomic E-state index is 12.5. The number of hydrogen-bond donors (Lipinski definition) is 1. The maximum atomic E-state index is 12.5. The third-order valence-electron chi connectivity index (χ3n) is 3.19. The number of furan rings is 1. The lowest BCUT2D eigenvalue weighted by atomic mass is 10.4. The number of halogens is 1. The van der Waals surface area contributed by atoms with Crippen molar-refractivity contribution in [2.45, 2.75) is 11.4 Å². The smallest absolute Gasteiger partial charge is 0.247 e. The fraction of sp³-hybridized carbons (Fsp3) is 0.600. The van der Waals surface area contributed by atoms with Crippen LogP contribution in [0.15, 0.2) is 20.0 Å². The van der Waals surface area contributed by atoms with Crippen LogP contribution >= 0.6 is 15.9 Å². The van der Waals surface area contributed by atoms with Gasteiger partial charge >= 0.3 is 0 Å². The maximum Gasteiger partial charge on any atom is 0.247 e. The summed E-state index contributed by atoms with van der Waals surface area (Å²) in [6, 6.07) is 1.38. The van der Waals surface area contributed by atoms with Gasteiger partial charge < -0.3 is 10.2 Å². The molecule has 0 bridgehead atoms. The van der Waals surface area contributed by atoms with Crippen LogP contribution in [0.2, 0.25) is 0 Å². The zero-order valence-electron chi connectivity index (χ0n) is 11.3. The average Bonchev–Trinajstić information content (AvgIpc) is 2.80. The van der Waals surface area contributed by atoms with E-state index < -0.39 is 20.0 Å². The van der Waals surface area contributed by atoms with Crippen LogP contribution in [0.4, 0.5) is 0 Å². The van der Waals surface area contributed by atoms with E-state index in [-0.39, 0.29) is 42.3 Å². The molecule has 1 aromatic heterocycles. The van der Waals surface area contributed by atoms with E-state index in [1.165, 1.54) is 14.7 Å². The van der Waals surface area contributed by atoms with Crippen LogP contribution in [0.25, 0.3) is 0 Å². The van der Waals surface area contributed by atoms with E-state index in [0.29, 0.717) is 5.76 Å². The predicted octanol–water partition coefficient (Wildman–Crippen LogP) is -0.233. The zero-order chi connectivity index (χ0) is 15.8. The lowest BCUT2D eigenvalue weighted by molar-refractivity contribution is 0.273. The highest BCUT2D eigenvalue weighted by molar-refractivity contribution is 9.10. The van der Waals surface area contributed by atoms with Crippen LogP contribution in [0.1, 0.15) is 5.76 Å². The molecule has 0 radical (unpaired) electrons. The molecule has 0 unspecified atom stereocenters. The third kappa shape index (κ3) is 3.48. The topological polar surface area (TPSA) is 114 Å². The van der Waals surface area contributed by atoms with E-state index in [0.717, 1.165) is 6.26 Å². The fourth-order valence-corrected chi connectivity index (χ4v) is 5.26. The molecule has 2 N–H and O–H groups in total. The van der Waals surface area contributed by atoms with Crippen molar-refractivity contribution in [1.82, 2.24) is 8.61 Å². The summed E-state index contributed by atoms with van der Waals surface area (Å²) in [6.07, 6.45) is 1.11. The van der Waals surface area contributed by atoms with Crippen molar-refractivity contribution in [3.8, 4) is 0 Å². The molecule has 1 aliphatic rings. The molecule has 120 valence electrons. The van der Waals surface area contributed by atoms with Crippen molar-refractivity contribution < 1.29 is 21.3 Å². The van der Waals surface area contributed by atoms with Crippen molar-refractivity contribution in [3.05, 3.63) is 16.5 Å². The monoisotopic (exact) mass is 401 g/mol. The molecule has 0 spiro atoms. The molecule has 8 nitrogen and oxygen atoms in total. The van der Waals surface area contributed by atoms with Crippen molar-refractivity contribution in [2.24, 2.45) is 5.73 Å². The Balaban J connectivity index is 2.20. The van der Waals surface area contributed by atoms with Crippen LogP contribution in [0.5, 0.6) is 0 Å². The van der Waals surface area contributed by atoms with E-state index in [1.54, 1.807) is 0 Å². The van der Waals surface area contributed by atoms with Gasteiger partial charge in [0.05, 0.1) is 12.8 Å². The van der Waals surface area contributed by atoms with Crippen LogP contribution in [0.3, 0.4) is 0 Å². The summed E-state index contributed by atoms with van der Waals surface area (Å²) >= 11 is 3.07. The van der Waals surface area contributed by atoms with Crippen LogP contribution in [-0.4, -0.2) is 57.9 Å². The summed E-state index contributed by atoms with van der Waals surface area (Å²) in [4.78, 5) is 0.00996. The minimum Gasteiger partial charge on any atom is -0.452 e. The molecule has 0 saturated carbocycles. The second-order valence-corrected chi connectivity index (χ2v) is 9.23. The molecule has 1 fully saturated rings. The number of piperazine rings is 1. The van der Waals surface area contributed by atoms with Gasteiger partial charge in [-0.05, 0) is 15.9 Å². The van der Waals surface area contributed by atoms with Gasteiger partial charge in [-0.25, -0.2) is 16.8 Å². The molecular weight excluding hydrogens is 386 g/mol. The number of rotatable bonds is 4. The van der Waals surface area contributed by atoms with Crippen molar-refractivity contribution in [3.63, 3.8) is 0 Å². The predicted molar refractivity (Wildman–Crippen MR) is 79.5 cm³/mol. The van der Waals surface area contributed by atoms with Gasteiger partial charge in [0.1, 0.15) is 10.7 Å². The first kappa shape index (κ1) is 16.9. The van der Waals surface area contributed by atoms with Crippen molar-refractivity contribution in [2.75, 3.05) is 32.4 Å². The van der Waals surface area contributed by atoms with Crippen molar-refractivity contribution >= 4 is 36.0 Å². The summed E-state index contributed by atoms with van der Waals surface area (Å²) in [6.45, 7) is 0.570. The van der Waals surface area contributed by atoms with Gasteiger partial charge in [0, 0.05) is 32.2 Å². The molecule has 11 heteroatoms. The Hall–Kier alpha value is -0.460. The molecule has 0 atom stereocenters. The first-order valence-corrected chi connectivity index (χ1v) is 10.2. The molecule has 0 aromatic carbocycles. The van der Waals surface area contributed by atoms with Crippen LogP contribution in [-0.2, 0) is 26.6 Å². The van der Waals surface area contributed by atoms with E-state index in [1.807, 2.05) is 0 Å². The Kier molecular flexibility index (Phi) is 4.81. The van der Waals surface area contributed by atoms with Crippen LogP contribution in [0, 0.1) is 0 Å². The number of hydrogen-bond acceptors (Lipinski definition) is 6. The van der Waals surface area contributed by atoms with Gasteiger partial charge in [-0.3, -0.25) is 0 Å². The van der Waals surface area contributed by atoms with E-state index in [9.17, 15) is 16.8 Å². The fourth-order valence-electron chi connectivity index (χ4n) is 2.06. The van der Waals surface area contributed by atoms with Gasteiger partial charge in [0.15, 0.2) is 4.67 Å². The zero-order valence-corrected chi connectivity index (χ0v) is 14.5. The van der Waals surface area contributed by atoms with Gasteiger partial charge in [-0.15, -0.1) is 0 Å². The van der Waals surface area contributed by atoms with Crippen LogP contribution < -0.4 is 5.73 Å². The highest BCUT2D eigenvalue weighted by atomic mass is 79.9. The molecule has 21 heavy (non-hydrogen) atoms. The Bertz CT molecular complexity index is 720. The second kappa shape index (κ2) is 5.97. The molecule has 1 aromatic rings. The SMILES string of the molecule is CS(=O)(=O)N1CCN(S(=O)(=O)c2cc(CN)oc2Br)CC1. The van der Waals surface area contributed by atoms with E-state index in [4.69, 9.17) is 10.2 Å². The molecule has 2 rings (SSSR count). The minimum atomic E-state index is -3.74. The average molecular weight is 402 g/mol.